The van der Waals surface area contributed by atoms with Crippen molar-refractivity contribution < 1.29 is 4.79 Å². The molecule has 27 heavy (non-hydrogen) atoms. The average molecular weight is 400 g/mol. The molecule has 2 heterocycles. The van der Waals surface area contributed by atoms with Gasteiger partial charge in [-0.05, 0) is 29.7 Å². The highest BCUT2D eigenvalue weighted by molar-refractivity contribution is 7.22. The molecule has 1 fully saturated rings. The van der Waals surface area contributed by atoms with Crippen molar-refractivity contribution in [1.29, 1.82) is 0 Å². The summed E-state index contributed by atoms with van der Waals surface area (Å²) in [5.41, 5.74) is 3.25. The van der Waals surface area contributed by atoms with E-state index in [1.807, 2.05) is 23.1 Å². The first-order chi connectivity index (χ1) is 13.1. The average Bonchev–Trinajstić information content (AvgIpc) is 3.14. The van der Waals surface area contributed by atoms with Crippen LogP contribution in [-0.2, 0) is 17.6 Å². The number of fused-ring (bicyclic) bond motifs is 1. The molecule has 0 spiro atoms. The second-order valence-corrected chi connectivity index (χ2v) is 8.21. The number of para-hydroxylation sites is 1. The van der Waals surface area contributed by atoms with E-state index >= 15 is 0 Å². The van der Waals surface area contributed by atoms with E-state index in [9.17, 15) is 4.79 Å². The summed E-state index contributed by atoms with van der Waals surface area (Å²) < 4.78 is 1.10. The Labute approximate surface area is 168 Å². The maximum Gasteiger partial charge on any atom is 0.227 e. The number of thiazole rings is 1. The lowest BCUT2D eigenvalue weighted by atomic mass is 10.1. The second-order valence-electron chi connectivity index (χ2n) is 6.80. The Morgan fingerprint density at radius 3 is 2.44 bits per heavy atom. The van der Waals surface area contributed by atoms with Gasteiger partial charge in [0.15, 0.2) is 5.13 Å². The predicted octanol–water partition coefficient (Wildman–Crippen LogP) is 4.40. The number of aryl methyl sites for hydroxylation is 1. The van der Waals surface area contributed by atoms with E-state index in [2.05, 4.69) is 36.1 Å². The summed E-state index contributed by atoms with van der Waals surface area (Å²) in [6.07, 6.45) is 1.49. The molecule has 0 saturated carbocycles. The Kier molecular flexibility index (Phi) is 5.32. The molecular formula is C21H22ClN3OS. The van der Waals surface area contributed by atoms with Crippen molar-refractivity contribution in [3.63, 3.8) is 0 Å². The summed E-state index contributed by atoms with van der Waals surface area (Å²) in [6.45, 7) is 5.21. The first-order valence-corrected chi connectivity index (χ1v) is 10.5. The largest absolute Gasteiger partial charge is 0.345 e. The van der Waals surface area contributed by atoms with E-state index < -0.39 is 0 Å². The van der Waals surface area contributed by atoms with Gasteiger partial charge in [0, 0.05) is 26.2 Å². The maximum atomic E-state index is 12.6. The minimum Gasteiger partial charge on any atom is -0.345 e. The molecule has 1 aliphatic rings. The van der Waals surface area contributed by atoms with Gasteiger partial charge in [-0.3, -0.25) is 4.79 Å². The summed E-state index contributed by atoms with van der Waals surface area (Å²) in [6, 6.07) is 14.2. The van der Waals surface area contributed by atoms with Gasteiger partial charge >= 0.3 is 0 Å². The van der Waals surface area contributed by atoms with Crippen LogP contribution in [0.4, 0.5) is 5.13 Å². The summed E-state index contributed by atoms with van der Waals surface area (Å²) in [4.78, 5) is 21.5. The fourth-order valence-corrected chi connectivity index (χ4v) is 4.68. The zero-order valence-electron chi connectivity index (χ0n) is 15.3. The summed E-state index contributed by atoms with van der Waals surface area (Å²) >= 11 is 7.90. The Morgan fingerprint density at radius 2 is 1.78 bits per heavy atom. The zero-order valence-corrected chi connectivity index (χ0v) is 16.9. The number of anilines is 1. The Hall–Kier alpha value is -2.11. The molecule has 0 atom stereocenters. The molecule has 0 radical (unpaired) electrons. The number of amides is 1. The van der Waals surface area contributed by atoms with Crippen LogP contribution in [0.5, 0.6) is 0 Å². The number of rotatable bonds is 4. The molecular weight excluding hydrogens is 378 g/mol. The van der Waals surface area contributed by atoms with Gasteiger partial charge in [0.2, 0.25) is 5.91 Å². The molecule has 1 saturated heterocycles. The maximum absolute atomic E-state index is 12.6. The third kappa shape index (κ3) is 3.94. The van der Waals surface area contributed by atoms with Gasteiger partial charge in [0.25, 0.3) is 0 Å². The van der Waals surface area contributed by atoms with Gasteiger partial charge < -0.3 is 9.80 Å². The number of halogens is 1. The number of benzene rings is 2. The van der Waals surface area contributed by atoms with E-state index in [1.165, 1.54) is 5.56 Å². The highest BCUT2D eigenvalue weighted by Gasteiger charge is 2.23. The van der Waals surface area contributed by atoms with Crippen molar-refractivity contribution in [3.05, 3.63) is 58.6 Å². The van der Waals surface area contributed by atoms with Crippen molar-refractivity contribution in [2.45, 2.75) is 19.8 Å². The Morgan fingerprint density at radius 1 is 1.07 bits per heavy atom. The number of hydrogen-bond acceptors (Lipinski definition) is 4. The molecule has 3 aromatic rings. The fourth-order valence-electron chi connectivity index (χ4n) is 3.36. The standard InChI is InChI=1S/C21H22ClN3OS/c1-2-15-6-8-16(9-7-15)14-19(26)24-10-12-25(13-11-24)21-23-20-17(22)4-3-5-18(20)27-21/h3-9H,2,10-14H2,1H3. The Balaban J connectivity index is 1.37. The quantitative estimate of drug-likeness (QED) is 0.652. The molecule has 2 aromatic carbocycles. The van der Waals surface area contributed by atoms with Crippen LogP contribution >= 0.6 is 22.9 Å². The number of carbonyl (C=O) groups excluding carboxylic acids is 1. The SMILES string of the molecule is CCc1ccc(CC(=O)N2CCN(c3nc4c(Cl)cccc4s3)CC2)cc1. The molecule has 140 valence electrons. The van der Waals surface area contributed by atoms with Crippen LogP contribution in [0.15, 0.2) is 42.5 Å². The van der Waals surface area contributed by atoms with Crippen molar-refractivity contribution in [1.82, 2.24) is 9.88 Å². The second kappa shape index (κ2) is 7.87. The number of aromatic nitrogens is 1. The van der Waals surface area contributed by atoms with Crippen LogP contribution in [0.3, 0.4) is 0 Å². The summed E-state index contributed by atoms with van der Waals surface area (Å²) in [7, 11) is 0. The number of carbonyl (C=O) groups is 1. The zero-order chi connectivity index (χ0) is 18.8. The van der Waals surface area contributed by atoms with E-state index in [0.717, 1.165) is 53.5 Å². The molecule has 4 rings (SSSR count). The highest BCUT2D eigenvalue weighted by Crippen LogP contribution is 2.33. The fraction of sp³-hybridized carbons (Fsp3) is 0.333. The van der Waals surface area contributed by atoms with Gasteiger partial charge in [-0.15, -0.1) is 0 Å². The van der Waals surface area contributed by atoms with E-state index in [4.69, 9.17) is 16.6 Å². The van der Waals surface area contributed by atoms with Gasteiger partial charge in [-0.1, -0.05) is 60.2 Å². The molecule has 0 bridgehead atoms. The lowest BCUT2D eigenvalue weighted by molar-refractivity contribution is -0.130. The molecule has 0 aliphatic carbocycles. The topological polar surface area (TPSA) is 36.4 Å². The van der Waals surface area contributed by atoms with Crippen LogP contribution in [0.2, 0.25) is 5.02 Å². The molecule has 1 aromatic heterocycles. The van der Waals surface area contributed by atoms with E-state index in [0.29, 0.717) is 11.4 Å². The summed E-state index contributed by atoms with van der Waals surface area (Å²) in [5, 5.41) is 1.68. The van der Waals surface area contributed by atoms with Crippen molar-refractivity contribution in [2.24, 2.45) is 0 Å². The van der Waals surface area contributed by atoms with Crippen LogP contribution in [-0.4, -0.2) is 42.0 Å². The lowest BCUT2D eigenvalue weighted by Crippen LogP contribution is -2.49. The number of nitrogens with zero attached hydrogens (tertiary/aromatic N) is 3. The minimum absolute atomic E-state index is 0.200. The van der Waals surface area contributed by atoms with Crippen LogP contribution in [0, 0.1) is 0 Å². The Bertz CT molecular complexity index is 946. The van der Waals surface area contributed by atoms with Crippen molar-refractivity contribution in [2.75, 3.05) is 31.1 Å². The summed E-state index contributed by atoms with van der Waals surface area (Å²) in [5.74, 6) is 0.200. The molecule has 6 heteroatoms. The smallest absolute Gasteiger partial charge is 0.227 e. The van der Waals surface area contributed by atoms with Gasteiger partial charge in [0.05, 0.1) is 16.1 Å². The van der Waals surface area contributed by atoms with Crippen molar-refractivity contribution >= 4 is 44.2 Å². The molecule has 0 N–H and O–H groups in total. The minimum atomic E-state index is 0.200. The van der Waals surface area contributed by atoms with Crippen LogP contribution in [0.25, 0.3) is 10.2 Å². The molecule has 4 nitrogen and oxygen atoms in total. The number of hydrogen-bond donors (Lipinski definition) is 0. The van der Waals surface area contributed by atoms with E-state index in [1.54, 1.807) is 11.3 Å². The van der Waals surface area contributed by atoms with Crippen molar-refractivity contribution in [3.8, 4) is 0 Å². The molecule has 0 unspecified atom stereocenters. The molecule has 1 aliphatic heterocycles. The highest BCUT2D eigenvalue weighted by atomic mass is 35.5. The van der Waals surface area contributed by atoms with Crippen LogP contribution < -0.4 is 4.90 Å². The third-order valence-electron chi connectivity index (χ3n) is 5.05. The van der Waals surface area contributed by atoms with Gasteiger partial charge in [-0.2, -0.15) is 0 Å². The normalized spacial score (nSPS) is 14.7. The third-order valence-corrected chi connectivity index (χ3v) is 6.43. The predicted molar refractivity (Wildman–Crippen MR) is 113 cm³/mol. The van der Waals surface area contributed by atoms with Gasteiger partial charge in [0.1, 0.15) is 5.52 Å². The van der Waals surface area contributed by atoms with E-state index in [-0.39, 0.29) is 5.91 Å². The molecule has 1 amide bonds. The first-order valence-electron chi connectivity index (χ1n) is 9.29. The van der Waals surface area contributed by atoms with Gasteiger partial charge in [-0.25, -0.2) is 4.98 Å². The number of piperazine rings is 1. The monoisotopic (exact) mass is 399 g/mol. The first kappa shape index (κ1) is 18.3. The van der Waals surface area contributed by atoms with Crippen LogP contribution in [0.1, 0.15) is 18.1 Å². The lowest BCUT2D eigenvalue weighted by Gasteiger charge is -2.34.